The van der Waals surface area contributed by atoms with Gasteiger partial charge in [0.1, 0.15) is 5.82 Å². The number of rotatable bonds is 4. The Labute approximate surface area is 155 Å². The summed E-state index contributed by atoms with van der Waals surface area (Å²) >= 11 is 0. The summed E-state index contributed by atoms with van der Waals surface area (Å²) in [4.78, 5) is 4.64. The third-order valence-electron chi connectivity index (χ3n) is 4.69. The SMILES string of the molecule is [2H]C([2H])([2H])c1ccc(-c2nccn2-c2c(C(C)C)cccc2C(C)C)c(C)c1. The summed E-state index contributed by atoms with van der Waals surface area (Å²) in [7, 11) is 0. The number of para-hydroxylation sites is 1. The van der Waals surface area contributed by atoms with E-state index in [4.69, 9.17) is 4.11 Å². The number of hydrogen-bond donors (Lipinski definition) is 0. The predicted molar refractivity (Wildman–Crippen MR) is 107 cm³/mol. The molecule has 1 heterocycles. The molecule has 0 aliphatic heterocycles. The molecule has 0 unspecified atom stereocenters. The molecule has 0 bridgehead atoms. The molecule has 0 fully saturated rings. The highest BCUT2D eigenvalue weighted by Crippen LogP contribution is 2.34. The fourth-order valence-corrected chi connectivity index (χ4v) is 3.39. The summed E-state index contributed by atoms with van der Waals surface area (Å²) in [6, 6.07) is 11.8. The van der Waals surface area contributed by atoms with Crippen LogP contribution >= 0.6 is 0 Å². The van der Waals surface area contributed by atoms with Crippen LogP contribution in [0.4, 0.5) is 0 Å². The number of aryl methyl sites for hydroxylation is 2. The largest absolute Gasteiger partial charge is 0.299 e. The molecule has 0 aliphatic rings. The summed E-state index contributed by atoms with van der Waals surface area (Å²) in [6.45, 7) is 8.66. The van der Waals surface area contributed by atoms with Crippen molar-refractivity contribution in [2.75, 3.05) is 0 Å². The van der Waals surface area contributed by atoms with Gasteiger partial charge in [-0.25, -0.2) is 4.98 Å². The molecule has 1 aromatic heterocycles. The van der Waals surface area contributed by atoms with Crippen LogP contribution in [0.1, 0.15) is 65.9 Å². The lowest BCUT2D eigenvalue weighted by atomic mass is 9.92. The molecule has 130 valence electrons. The van der Waals surface area contributed by atoms with E-state index in [1.54, 1.807) is 12.1 Å². The van der Waals surface area contributed by atoms with E-state index in [-0.39, 0.29) is 0 Å². The quantitative estimate of drug-likeness (QED) is 0.539. The van der Waals surface area contributed by atoms with E-state index in [0.29, 0.717) is 17.4 Å². The van der Waals surface area contributed by atoms with Crippen LogP contribution in [0.5, 0.6) is 0 Å². The predicted octanol–water partition coefficient (Wildman–Crippen LogP) is 6.40. The molecule has 0 atom stereocenters. The lowest BCUT2D eigenvalue weighted by molar-refractivity contribution is 0.806. The molecule has 0 saturated heterocycles. The summed E-state index contributed by atoms with van der Waals surface area (Å²) in [5.74, 6) is 1.59. The van der Waals surface area contributed by atoms with Crippen LogP contribution in [-0.2, 0) is 0 Å². The fraction of sp³-hybridized carbons (Fsp3) is 0.348. The van der Waals surface area contributed by atoms with Crippen molar-refractivity contribution in [3.05, 3.63) is 71.0 Å². The van der Waals surface area contributed by atoms with Crippen molar-refractivity contribution in [1.82, 2.24) is 9.55 Å². The van der Waals surface area contributed by atoms with Crippen LogP contribution in [0.15, 0.2) is 48.8 Å². The first-order chi connectivity index (χ1) is 13.1. The third kappa shape index (κ3) is 3.26. The Morgan fingerprint density at radius 3 is 2.24 bits per heavy atom. The van der Waals surface area contributed by atoms with Gasteiger partial charge in [-0.15, -0.1) is 0 Å². The second kappa shape index (κ2) is 6.87. The second-order valence-corrected chi connectivity index (χ2v) is 7.25. The van der Waals surface area contributed by atoms with Gasteiger partial charge >= 0.3 is 0 Å². The van der Waals surface area contributed by atoms with Crippen molar-refractivity contribution in [3.8, 4) is 17.1 Å². The normalized spacial score (nSPS) is 13.8. The van der Waals surface area contributed by atoms with Crippen molar-refractivity contribution in [2.45, 2.75) is 53.3 Å². The summed E-state index contributed by atoms with van der Waals surface area (Å²) in [5.41, 5.74) is 5.96. The zero-order valence-corrected chi connectivity index (χ0v) is 15.7. The van der Waals surface area contributed by atoms with Gasteiger partial charge in [0, 0.05) is 22.1 Å². The summed E-state index contributed by atoms with van der Waals surface area (Å²) in [5, 5.41) is 0. The molecule has 25 heavy (non-hydrogen) atoms. The van der Waals surface area contributed by atoms with Crippen molar-refractivity contribution in [2.24, 2.45) is 0 Å². The first-order valence-electron chi connectivity index (χ1n) is 10.4. The number of nitrogens with zero attached hydrogens (tertiary/aromatic N) is 2. The first kappa shape index (κ1) is 13.9. The molecule has 0 radical (unpaired) electrons. The molecule has 3 rings (SSSR count). The van der Waals surface area contributed by atoms with Gasteiger partial charge in [-0.1, -0.05) is 69.7 Å². The number of aromatic nitrogens is 2. The van der Waals surface area contributed by atoms with E-state index >= 15 is 0 Å². The van der Waals surface area contributed by atoms with Gasteiger partial charge in [0.05, 0.1) is 5.69 Å². The highest BCUT2D eigenvalue weighted by atomic mass is 15.1. The van der Waals surface area contributed by atoms with Crippen LogP contribution in [0.25, 0.3) is 17.1 Å². The Morgan fingerprint density at radius 1 is 1.00 bits per heavy atom. The van der Waals surface area contributed by atoms with Crippen LogP contribution in [0.3, 0.4) is 0 Å². The van der Waals surface area contributed by atoms with Crippen LogP contribution in [0, 0.1) is 13.8 Å². The van der Waals surface area contributed by atoms with Crippen molar-refractivity contribution >= 4 is 0 Å². The Balaban J connectivity index is 2.22. The molecular formula is C23H28N2. The Kier molecular flexibility index (Phi) is 3.82. The molecule has 0 spiro atoms. The summed E-state index contributed by atoms with van der Waals surface area (Å²) in [6.07, 6.45) is 3.81. The topological polar surface area (TPSA) is 17.8 Å². The van der Waals surface area contributed by atoms with Crippen molar-refractivity contribution in [1.29, 1.82) is 0 Å². The van der Waals surface area contributed by atoms with Gasteiger partial charge in [0.25, 0.3) is 0 Å². The second-order valence-electron chi connectivity index (χ2n) is 7.25. The lowest BCUT2D eigenvalue weighted by Gasteiger charge is -2.22. The Bertz CT molecular complexity index is 956. The van der Waals surface area contributed by atoms with E-state index in [1.165, 1.54) is 16.8 Å². The maximum Gasteiger partial charge on any atom is 0.144 e. The highest BCUT2D eigenvalue weighted by Gasteiger charge is 2.19. The minimum atomic E-state index is -2.10. The maximum atomic E-state index is 7.65. The molecule has 0 saturated carbocycles. The molecule has 2 heteroatoms. The highest BCUT2D eigenvalue weighted by molar-refractivity contribution is 5.65. The zero-order chi connectivity index (χ0) is 20.6. The van der Waals surface area contributed by atoms with E-state index < -0.39 is 6.85 Å². The molecule has 0 N–H and O–H groups in total. The number of hydrogen-bond acceptors (Lipinski definition) is 1. The van der Waals surface area contributed by atoms with E-state index in [1.807, 2.05) is 25.4 Å². The summed E-state index contributed by atoms with van der Waals surface area (Å²) < 4.78 is 25.1. The first-order valence-corrected chi connectivity index (χ1v) is 8.89. The standard InChI is InChI=1S/C23H28N2/c1-15(2)19-8-7-9-20(16(3)4)22(19)25-13-12-24-23(25)21-11-10-17(5)14-18(21)6/h7-16H,1-6H3/i5D3. The molecule has 2 aromatic carbocycles. The van der Waals surface area contributed by atoms with E-state index in [9.17, 15) is 0 Å². The smallest absolute Gasteiger partial charge is 0.144 e. The van der Waals surface area contributed by atoms with Crippen LogP contribution in [0.2, 0.25) is 0 Å². The minimum Gasteiger partial charge on any atom is -0.299 e. The van der Waals surface area contributed by atoms with Gasteiger partial charge in [0.2, 0.25) is 0 Å². The molecule has 2 nitrogen and oxygen atoms in total. The minimum absolute atomic E-state index is 0.359. The van der Waals surface area contributed by atoms with Crippen LogP contribution in [-0.4, -0.2) is 9.55 Å². The zero-order valence-electron chi connectivity index (χ0n) is 18.7. The molecule has 3 aromatic rings. The van der Waals surface area contributed by atoms with Gasteiger partial charge in [-0.3, -0.25) is 4.57 Å². The average Bonchev–Trinajstić information content (AvgIpc) is 3.09. The van der Waals surface area contributed by atoms with Crippen LogP contribution < -0.4 is 0 Å². The van der Waals surface area contributed by atoms with E-state index in [0.717, 1.165) is 17.0 Å². The van der Waals surface area contributed by atoms with Gasteiger partial charge < -0.3 is 0 Å². The molecular weight excluding hydrogens is 304 g/mol. The Morgan fingerprint density at radius 2 is 1.68 bits per heavy atom. The number of imidazole rings is 1. The van der Waals surface area contributed by atoms with Gasteiger partial charge in [0.15, 0.2) is 0 Å². The third-order valence-corrected chi connectivity index (χ3v) is 4.69. The van der Waals surface area contributed by atoms with Crippen molar-refractivity contribution < 1.29 is 4.11 Å². The maximum absolute atomic E-state index is 7.65. The van der Waals surface area contributed by atoms with Gasteiger partial charge in [-0.05, 0) is 42.3 Å². The van der Waals surface area contributed by atoms with Crippen molar-refractivity contribution in [3.63, 3.8) is 0 Å². The Hall–Kier alpha value is -2.35. The molecule has 0 amide bonds. The lowest BCUT2D eigenvalue weighted by Crippen LogP contribution is -2.08. The number of benzene rings is 2. The average molecular weight is 336 g/mol. The fourth-order valence-electron chi connectivity index (χ4n) is 3.39. The van der Waals surface area contributed by atoms with E-state index in [2.05, 4.69) is 55.4 Å². The van der Waals surface area contributed by atoms with Gasteiger partial charge in [-0.2, -0.15) is 0 Å². The molecule has 0 aliphatic carbocycles. The monoisotopic (exact) mass is 335 g/mol.